The monoisotopic (exact) mass is 467 g/mol. The van der Waals surface area contributed by atoms with Crippen molar-refractivity contribution in [1.82, 2.24) is 0 Å². The fraction of sp³-hybridized carbons (Fsp3) is 0.160. The Morgan fingerprint density at radius 1 is 0.912 bits per heavy atom. The molecule has 0 unspecified atom stereocenters. The number of benzene rings is 3. The standard InChI is InChI=1S/C25H22FNO7/c1-31-22-10-5-16(4-9-21(28)17-6-11-23(32-2)25(13-17)33-3)12-18(22)15-34-24-14-19(26)7-8-20(24)27(29)30/h4-14H,15H2,1-3H3/b9-4+. The van der Waals surface area contributed by atoms with E-state index in [2.05, 4.69) is 0 Å². The minimum absolute atomic E-state index is 0.112. The molecule has 3 rings (SSSR count). The number of ether oxygens (including phenoxy) is 4. The quantitative estimate of drug-likeness (QED) is 0.174. The number of methoxy groups -OCH3 is 3. The predicted molar refractivity (Wildman–Crippen MR) is 123 cm³/mol. The summed E-state index contributed by atoms with van der Waals surface area (Å²) in [6.45, 7) is -0.112. The molecule has 0 heterocycles. The SMILES string of the molecule is COc1ccc(/C=C/C(=O)c2ccc(OC)c(OC)c2)cc1COc1cc(F)ccc1[N+](=O)[O-]. The molecule has 0 aliphatic carbocycles. The van der Waals surface area contributed by atoms with Gasteiger partial charge < -0.3 is 18.9 Å². The predicted octanol–water partition coefficient (Wildman–Crippen LogP) is 5.23. The van der Waals surface area contributed by atoms with Gasteiger partial charge in [0, 0.05) is 23.3 Å². The highest BCUT2D eigenvalue weighted by atomic mass is 19.1. The van der Waals surface area contributed by atoms with Crippen LogP contribution in [0.4, 0.5) is 10.1 Å². The van der Waals surface area contributed by atoms with Crippen molar-refractivity contribution in [2.75, 3.05) is 21.3 Å². The van der Waals surface area contributed by atoms with Crippen LogP contribution in [0.25, 0.3) is 6.08 Å². The molecule has 176 valence electrons. The Kier molecular flexibility index (Phi) is 7.81. The maximum absolute atomic E-state index is 13.6. The van der Waals surface area contributed by atoms with Gasteiger partial charge in [-0.1, -0.05) is 12.1 Å². The molecular formula is C25H22FNO7. The average molecular weight is 467 g/mol. The van der Waals surface area contributed by atoms with Gasteiger partial charge in [-0.3, -0.25) is 14.9 Å². The van der Waals surface area contributed by atoms with Gasteiger partial charge in [0.2, 0.25) is 0 Å². The van der Waals surface area contributed by atoms with E-state index in [1.807, 2.05) is 0 Å². The summed E-state index contributed by atoms with van der Waals surface area (Å²) in [5, 5.41) is 11.2. The third-order valence-electron chi connectivity index (χ3n) is 4.90. The zero-order valence-electron chi connectivity index (χ0n) is 18.7. The molecule has 0 radical (unpaired) electrons. The number of carbonyl (C=O) groups is 1. The first-order chi connectivity index (χ1) is 16.4. The molecule has 0 aromatic heterocycles. The largest absolute Gasteiger partial charge is 0.496 e. The number of hydrogen-bond donors (Lipinski definition) is 0. The lowest BCUT2D eigenvalue weighted by Crippen LogP contribution is -2.02. The van der Waals surface area contributed by atoms with Crippen molar-refractivity contribution < 1.29 is 33.1 Å². The van der Waals surface area contributed by atoms with E-state index in [1.165, 1.54) is 27.4 Å². The first-order valence-electron chi connectivity index (χ1n) is 10.0. The van der Waals surface area contributed by atoms with Crippen LogP contribution in [0.15, 0.2) is 60.7 Å². The number of carbonyl (C=O) groups excluding carboxylic acids is 1. The van der Waals surface area contributed by atoms with Gasteiger partial charge in [-0.25, -0.2) is 4.39 Å². The molecule has 0 N–H and O–H groups in total. The molecule has 0 fully saturated rings. The van der Waals surface area contributed by atoms with Crippen LogP contribution in [0.5, 0.6) is 23.0 Å². The van der Waals surface area contributed by atoms with Gasteiger partial charge in [0.15, 0.2) is 23.0 Å². The fourth-order valence-corrected chi connectivity index (χ4v) is 3.18. The smallest absolute Gasteiger partial charge is 0.311 e. The van der Waals surface area contributed by atoms with Gasteiger partial charge in [0.25, 0.3) is 0 Å². The summed E-state index contributed by atoms with van der Waals surface area (Å²) >= 11 is 0. The first kappa shape index (κ1) is 24.2. The Hall–Kier alpha value is -4.40. The van der Waals surface area contributed by atoms with Gasteiger partial charge in [-0.15, -0.1) is 0 Å². The highest BCUT2D eigenvalue weighted by molar-refractivity contribution is 6.07. The van der Waals surface area contributed by atoms with E-state index in [4.69, 9.17) is 18.9 Å². The third kappa shape index (κ3) is 5.69. The van der Waals surface area contributed by atoms with Crippen LogP contribution < -0.4 is 18.9 Å². The normalized spacial score (nSPS) is 10.7. The number of allylic oxidation sites excluding steroid dienone is 1. The van der Waals surface area contributed by atoms with Gasteiger partial charge >= 0.3 is 5.69 Å². The highest BCUT2D eigenvalue weighted by Crippen LogP contribution is 2.30. The second kappa shape index (κ2) is 11.0. The zero-order chi connectivity index (χ0) is 24.7. The molecular weight excluding hydrogens is 445 g/mol. The molecule has 3 aromatic carbocycles. The molecule has 8 nitrogen and oxygen atoms in total. The number of nitro groups is 1. The molecule has 0 atom stereocenters. The van der Waals surface area contributed by atoms with E-state index in [9.17, 15) is 19.3 Å². The van der Waals surface area contributed by atoms with Crippen LogP contribution in [0.1, 0.15) is 21.5 Å². The van der Waals surface area contributed by atoms with E-state index in [0.717, 1.165) is 18.2 Å². The Labute approximate surface area is 195 Å². The lowest BCUT2D eigenvalue weighted by Gasteiger charge is -2.11. The molecule has 0 saturated heterocycles. The van der Waals surface area contributed by atoms with E-state index in [1.54, 1.807) is 42.5 Å². The highest BCUT2D eigenvalue weighted by Gasteiger charge is 2.17. The van der Waals surface area contributed by atoms with Crippen molar-refractivity contribution in [3.05, 3.63) is 93.3 Å². The molecule has 9 heteroatoms. The number of halogens is 1. The van der Waals surface area contributed by atoms with Crippen molar-refractivity contribution in [2.24, 2.45) is 0 Å². The summed E-state index contributed by atoms with van der Waals surface area (Å²) in [5.74, 6) is 0.334. The molecule has 0 aliphatic heterocycles. The Morgan fingerprint density at radius 2 is 1.62 bits per heavy atom. The van der Waals surface area contributed by atoms with Crippen molar-refractivity contribution in [3.8, 4) is 23.0 Å². The second-order valence-corrected chi connectivity index (χ2v) is 7.00. The molecule has 0 bridgehead atoms. The number of rotatable bonds is 10. The van der Waals surface area contributed by atoms with Gasteiger partial charge in [0.1, 0.15) is 18.2 Å². The minimum Gasteiger partial charge on any atom is -0.496 e. The van der Waals surface area contributed by atoms with Crippen LogP contribution in [-0.4, -0.2) is 32.0 Å². The Morgan fingerprint density at radius 3 is 2.29 bits per heavy atom. The summed E-state index contributed by atoms with van der Waals surface area (Å²) in [4.78, 5) is 23.1. The zero-order valence-corrected chi connectivity index (χ0v) is 18.7. The van der Waals surface area contributed by atoms with Crippen LogP contribution in [-0.2, 0) is 6.61 Å². The molecule has 0 amide bonds. The second-order valence-electron chi connectivity index (χ2n) is 7.00. The topological polar surface area (TPSA) is 97.1 Å². The van der Waals surface area contributed by atoms with Gasteiger partial charge in [-0.05, 0) is 48.0 Å². The minimum atomic E-state index is -0.655. The summed E-state index contributed by atoms with van der Waals surface area (Å²) < 4.78 is 34.8. The van der Waals surface area contributed by atoms with E-state index < -0.39 is 10.7 Å². The maximum atomic E-state index is 13.6. The van der Waals surface area contributed by atoms with Crippen LogP contribution >= 0.6 is 0 Å². The van der Waals surface area contributed by atoms with E-state index in [-0.39, 0.29) is 23.8 Å². The van der Waals surface area contributed by atoms with Gasteiger partial charge in [-0.2, -0.15) is 0 Å². The van der Waals surface area contributed by atoms with Crippen LogP contribution in [0.2, 0.25) is 0 Å². The summed E-state index contributed by atoms with van der Waals surface area (Å²) in [6.07, 6.45) is 3.03. The lowest BCUT2D eigenvalue weighted by molar-refractivity contribution is -0.386. The van der Waals surface area contributed by atoms with Crippen LogP contribution in [0, 0.1) is 15.9 Å². The number of hydrogen-bond acceptors (Lipinski definition) is 7. The molecule has 3 aromatic rings. The molecule has 34 heavy (non-hydrogen) atoms. The number of nitro benzene ring substituents is 1. The molecule has 0 aliphatic rings. The summed E-state index contributed by atoms with van der Waals surface area (Å²) in [7, 11) is 4.47. The van der Waals surface area contributed by atoms with E-state index >= 15 is 0 Å². The van der Waals surface area contributed by atoms with Crippen molar-refractivity contribution in [3.63, 3.8) is 0 Å². The molecule has 0 spiro atoms. The molecule has 0 saturated carbocycles. The Bertz CT molecular complexity index is 1240. The number of nitrogens with zero attached hydrogens (tertiary/aromatic N) is 1. The van der Waals surface area contributed by atoms with Crippen molar-refractivity contribution in [1.29, 1.82) is 0 Å². The fourth-order valence-electron chi connectivity index (χ4n) is 3.18. The van der Waals surface area contributed by atoms with Crippen molar-refractivity contribution >= 4 is 17.5 Å². The third-order valence-corrected chi connectivity index (χ3v) is 4.90. The van der Waals surface area contributed by atoms with Crippen LogP contribution in [0.3, 0.4) is 0 Å². The average Bonchev–Trinajstić information content (AvgIpc) is 2.85. The maximum Gasteiger partial charge on any atom is 0.311 e. The Balaban J connectivity index is 1.80. The summed E-state index contributed by atoms with van der Waals surface area (Å²) in [5.41, 5.74) is 1.30. The summed E-state index contributed by atoms with van der Waals surface area (Å²) in [6, 6.07) is 13.0. The van der Waals surface area contributed by atoms with Gasteiger partial charge in [0.05, 0.1) is 26.3 Å². The van der Waals surface area contributed by atoms with Crippen molar-refractivity contribution in [2.45, 2.75) is 6.61 Å². The van der Waals surface area contributed by atoms with E-state index in [0.29, 0.717) is 33.9 Å². The first-order valence-corrected chi connectivity index (χ1v) is 10.0. The lowest BCUT2D eigenvalue weighted by atomic mass is 10.1. The number of ketones is 1.